The molecule has 4 rings (SSSR count). The zero-order valence-corrected chi connectivity index (χ0v) is 16.9. The van der Waals surface area contributed by atoms with E-state index in [0.717, 1.165) is 16.3 Å². The summed E-state index contributed by atoms with van der Waals surface area (Å²) < 4.78 is 19.2. The lowest BCUT2D eigenvalue weighted by molar-refractivity contribution is 0.0858. The van der Waals surface area contributed by atoms with E-state index in [1.807, 2.05) is 49.4 Å². The Morgan fingerprint density at radius 2 is 2.03 bits per heavy atom. The zero-order chi connectivity index (χ0) is 20.2. The van der Waals surface area contributed by atoms with E-state index in [1.54, 1.807) is 11.0 Å². The monoisotopic (exact) mass is 408 g/mol. The molecule has 0 aromatic heterocycles. The number of ether oxygens (including phenoxy) is 1. The van der Waals surface area contributed by atoms with E-state index >= 15 is 0 Å². The number of benzene rings is 3. The van der Waals surface area contributed by atoms with Crippen LogP contribution >= 0.6 is 11.8 Å². The Bertz CT molecular complexity index is 1080. The lowest BCUT2D eigenvalue weighted by Gasteiger charge is -2.21. The Balaban J connectivity index is 1.62. The van der Waals surface area contributed by atoms with Crippen LogP contribution in [0.3, 0.4) is 0 Å². The molecule has 0 atom stereocenters. The topological polar surface area (TPSA) is 41.9 Å². The largest absolute Gasteiger partial charge is 0.493 e. The Morgan fingerprint density at radius 1 is 1.17 bits per heavy atom. The molecule has 29 heavy (non-hydrogen) atoms. The van der Waals surface area contributed by atoms with Gasteiger partial charge in [0.2, 0.25) is 0 Å². The second-order valence-electron chi connectivity index (χ2n) is 6.63. The average Bonchev–Trinajstić information content (AvgIpc) is 3.20. The van der Waals surface area contributed by atoms with Gasteiger partial charge in [-0.2, -0.15) is 0 Å². The van der Waals surface area contributed by atoms with Crippen LogP contribution in [0.1, 0.15) is 22.8 Å². The van der Waals surface area contributed by atoms with Gasteiger partial charge in [0.05, 0.1) is 18.7 Å². The highest BCUT2D eigenvalue weighted by Crippen LogP contribution is 2.31. The molecule has 0 spiro atoms. The maximum absolute atomic E-state index is 13.5. The van der Waals surface area contributed by atoms with E-state index in [2.05, 4.69) is 4.99 Å². The summed E-state index contributed by atoms with van der Waals surface area (Å²) in [6.45, 7) is 3.47. The van der Waals surface area contributed by atoms with Crippen molar-refractivity contribution in [3.05, 3.63) is 77.6 Å². The Morgan fingerprint density at radius 3 is 2.86 bits per heavy atom. The van der Waals surface area contributed by atoms with Crippen molar-refractivity contribution in [3.63, 3.8) is 0 Å². The molecular formula is C23H21FN2O2S. The van der Waals surface area contributed by atoms with Gasteiger partial charge in [0, 0.05) is 12.3 Å². The molecule has 0 bridgehead atoms. The minimum absolute atomic E-state index is 0.117. The van der Waals surface area contributed by atoms with Crippen LogP contribution in [-0.4, -0.2) is 35.7 Å². The Hall–Kier alpha value is -2.86. The summed E-state index contributed by atoms with van der Waals surface area (Å²) in [7, 11) is 0. The van der Waals surface area contributed by atoms with Crippen LogP contribution in [0.25, 0.3) is 10.8 Å². The summed E-state index contributed by atoms with van der Waals surface area (Å²) >= 11 is 1.45. The number of carbonyl (C=O) groups is 1. The number of nitrogens with zero attached hydrogens (tertiary/aromatic N) is 2. The van der Waals surface area contributed by atoms with E-state index in [9.17, 15) is 9.18 Å². The number of rotatable bonds is 5. The zero-order valence-electron chi connectivity index (χ0n) is 16.1. The minimum atomic E-state index is -0.262. The van der Waals surface area contributed by atoms with Crippen molar-refractivity contribution < 1.29 is 13.9 Å². The maximum Gasteiger partial charge on any atom is 0.264 e. The fraction of sp³-hybridized carbons (Fsp3) is 0.217. The van der Waals surface area contributed by atoms with Crippen molar-refractivity contribution in [1.29, 1.82) is 0 Å². The van der Waals surface area contributed by atoms with Crippen LogP contribution in [0, 0.1) is 5.82 Å². The molecule has 3 aromatic carbocycles. The van der Waals surface area contributed by atoms with Crippen LogP contribution in [0.15, 0.2) is 65.7 Å². The van der Waals surface area contributed by atoms with Crippen LogP contribution in [0.5, 0.6) is 5.75 Å². The van der Waals surface area contributed by atoms with E-state index in [0.29, 0.717) is 41.9 Å². The molecule has 0 aliphatic carbocycles. The molecule has 1 aliphatic heterocycles. The summed E-state index contributed by atoms with van der Waals surface area (Å²) in [6.07, 6.45) is 0. The Labute approximate surface area is 173 Å². The van der Waals surface area contributed by atoms with Crippen molar-refractivity contribution in [2.45, 2.75) is 12.7 Å². The van der Waals surface area contributed by atoms with Crippen molar-refractivity contribution in [1.82, 2.24) is 4.90 Å². The van der Waals surface area contributed by atoms with Crippen molar-refractivity contribution in [3.8, 4) is 5.75 Å². The minimum Gasteiger partial charge on any atom is -0.493 e. The van der Waals surface area contributed by atoms with E-state index in [4.69, 9.17) is 4.74 Å². The van der Waals surface area contributed by atoms with Gasteiger partial charge in [-0.15, -0.1) is 0 Å². The highest BCUT2D eigenvalue weighted by molar-refractivity contribution is 8.13. The second kappa shape index (κ2) is 8.66. The fourth-order valence-corrected chi connectivity index (χ4v) is 4.38. The third-order valence-electron chi connectivity index (χ3n) is 4.71. The van der Waals surface area contributed by atoms with Gasteiger partial charge in [0.15, 0.2) is 5.17 Å². The highest BCUT2D eigenvalue weighted by Gasteiger charge is 2.28. The molecule has 6 heteroatoms. The first kappa shape index (κ1) is 19.5. The molecule has 148 valence electrons. The molecule has 1 amide bonds. The van der Waals surface area contributed by atoms with Crippen LogP contribution < -0.4 is 4.74 Å². The molecule has 1 aliphatic rings. The molecule has 0 unspecified atom stereocenters. The fourth-order valence-electron chi connectivity index (χ4n) is 3.40. The first-order valence-electron chi connectivity index (χ1n) is 9.55. The van der Waals surface area contributed by atoms with Crippen molar-refractivity contribution in [2.24, 2.45) is 4.99 Å². The van der Waals surface area contributed by atoms with E-state index < -0.39 is 0 Å². The van der Waals surface area contributed by atoms with Gasteiger partial charge >= 0.3 is 0 Å². The standard InChI is InChI=1S/C23H21FN2O2S/c1-2-28-20-11-10-17-7-3-4-9-19(17)21(20)22(27)26-13-12-25-23(26)29-15-16-6-5-8-18(24)14-16/h3-11,14H,2,12-13,15H2,1H3. The third kappa shape index (κ3) is 4.12. The maximum atomic E-state index is 13.5. The first-order valence-corrected chi connectivity index (χ1v) is 10.5. The van der Waals surface area contributed by atoms with Gasteiger partial charge in [-0.25, -0.2) is 4.39 Å². The van der Waals surface area contributed by atoms with Gasteiger partial charge in [-0.1, -0.05) is 54.2 Å². The number of carbonyl (C=O) groups excluding carboxylic acids is 1. The number of hydrogen-bond donors (Lipinski definition) is 0. The molecule has 1 heterocycles. The number of amidine groups is 1. The Kier molecular flexibility index (Phi) is 5.81. The number of thioether (sulfide) groups is 1. The normalized spacial score (nSPS) is 13.6. The summed E-state index contributed by atoms with van der Waals surface area (Å²) in [5.41, 5.74) is 1.42. The summed E-state index contributed by atoms with van der Waals surface area (Å²) in [5, 5.41) is 2.52. The number of aliphatic imine (C=N–C) groups is 1. The highest BCUT2D eigenvalue weighted by atomic mass is 32.2. The smallest absolute Gasteiger partial charge is 0.264 e. The first-order chi connectivity index (χ1) is 14.2. The lowest BCUT2D eigenvalue weighted by atomic mass is 10.0. The van der Waals surface area contributed by atoms with E-state index in [-0.39, 0.29) is 11.7 Å². The number of amides is 1. The predicted octanol–water partition coefficient (Wildman–Crippen LogP) is 5.12. The van der Waals surface area contributed by atoms with Gasteiger partial charge in [0.1, 0.15) is 11.6 Å². The summed E-state index contributed by atoms with van der Waals surface area (Å²) in [4.78, 5) is 19.7. The van der Waals surface area contributed by atoms with Crippen LogP contribution in [0.2, 0.25) is 0 Å². The third-order valence-corrected chi connectivity index (χ3v) is 5.79. The molecule has 3 aromatic rings. The number of halogens is 1. The molecule has 0 fully saturated rings. The van der Waals surface area contributed by atoms with Gasteiger partial charge in [-0.05, 0) is 41.5 Å². The molecular weight excluding hydrogens is 387 g/mol. The number of fused-ring (bicyclic) bond motifs is 1. The molecule has 0 radical (unpaired) electrons. The van der Waals surface area contributed by atoms with Gasteiger partial charge < -0.3 is 4.74 Å². The average molecular weight is 408 g/mol. The summed E-state index contributed by atoms with van der Waals surface area (Å²) in [6, 6.07) is 18.1. The van der Waals surface area contributed by atoms with Crippen LogP contribution in [-0.2, 0) is 5.75 Å². The summed E-state index contributed by atoms with van der Waals surface area (Å²) in [5.74, 6) is 0.751. The van der Waals surface area contributed by atoms with E-state index in [1.165, 1.54) is 23.9 Å². The lowest BCUT2D eigenvalue weighted by Crippen LogP contribution is -2.33. The molecule has 0 N–H and O–H groups in total. The van der Waals surface area contributed by atoms with Gasteiger partial charge in [0.25, 0.3) is 5.91 Å². The molecule has 4 nitrogen and oxygen atoms in total. The van der Waals surface area contributed by atoms with Crippen molar-refractivity contribution >= 4 is 33.6 Å². The SMILES string of the molecule is CCOc1ccc2ccccc2c1C(=O)N1CCN=C1SCc1cccc(F)c1. The van der Waals surface area contributed by atoms with Gasteiger partial charge in [-0.3, -0.25) is 14.7 Å². The quantitative estimate of drug-likeness (QED) is 0.588. The van der Waals surface area contributed by atoms with Crippen molar-refractivity contribution in [2.75, 3.05) is 19.7 Å². The molecule has 0 saturated heterocycles. The second-order valence-corrected chi connectivity index (χ2v) is 7.58. The predicted molar refractivity (Wildman–Crippen MR) is 116 cm³/mol. The number of hydrogen-bond acceptors (Lipinski definition) is 4. The van der Waals surface area contributed by atoms with Crippen LogP contribution in [0.4, 0.5) is 4.39 Å². The molecule has 0 saturated carbocycles.